The van der Waals surface area contributed by atoms with Crippen LogP contribution in [-0.2, 0) is 27.2 Å². The van der Waals surface area contributed by atoms with Crippen LogP contribution in [0.25, 0.3) is 0 Å². The summed E-state index contributed by atoms with van der Waals surface area (Å²) in [6.07, 6.45) is 3.23. The Bertz CT molecular complexity index is 289. The first kappa shape index (κ1) is 21.3. The average Bonchev–Trinajstić information content (AvgIpc) is 2.55. The summed E-state index contributed by atoms with van der Waals surface area (Å²) in [6, 6.07) is 0. The molecule has 0 N–H and O–H groups in total. The minimum absolute atomic E-state index is 0.464. The molecular weight excluding hydrogens is 304 g/mol. The topological polar surface area (TPSA) is 63.2 Å². The number of carbonyl (C=O) groups excluding carboxylic acids is 1. The van der Waals surface area contributed by atoms with Crippen molar-refractivity contribution in [3.8, 4) is 0 Å². The van der Waals surface area contributed by atoms with Crippen LogP contribution in [0.3, 0.4) is 0 Å². The molecule has 0 fully saturated rings. The van der Waals surface area contributed by atoms with Crippen molar-refractivity contribution in [2.45, 2.75) is 59.7 Å². The Morgan fingerprint density at radius 1 is 1.00 bits per heavy atom. The second kappa shape index (κ2) is 12.8. The highest BCUT2D eigenvalue weighted by Gasteiger charge is 2.48. The molecule has 0 amide bonds. The van der Waals surface area contributed by atoms with Crippen LogP contribution in [0.5, 0.6) is 0 Å². The molecule has 130 valence electrons. The van der Waals surface area contributed by atoms with E-state index in [0.29, 0.717) is 26.2 Å². The summed E-state index contributed by atoms with van der Waals surface area (Å²) < 4.78 is 28.4. The van der Waals surface area contributed by atoms with Gasteiger partial charge in [0.15, 0.2) is 6.29 Å². The predicted molar refractivity (Wildman–Crippen MR) is 85.9 cm³/mol. The zero-order valence-corrected chi connectivity index (χ0v) is 15.3. The van der Waals surface area contributed by atoms with E-state index in [4.69, 9.17) is 22.4 Å². The smallest absolute Gasteiger partial charge is 0.433 e. The first-order chi connectivity index (χ1) is 10.6. The Hall–Kier alpha value is -0.733. The van der Waals surface area contributed by atoms with Gasteiger partial charge in [-0.15, -0.1) is 0 Å². The number of carbonyl (C=O) groups is 1. The van der Waals surface area contributed by atoms with Crippen LogP contribution in [-0.4, -0.2) is 41.1 Å². The highest BCUT2D eigenvalue weighted by atomic mass is 28.4. The van der Waals surface area contributed by atoms with Crippen LogP contribution in [0.15, 0.2) is 12.7 Å². The summed E-state index contributed by atoms with van der Waals surface area (Å²) in [7, 11) is -3.33. The number of rotatable bonds is 14. The molecule has 7 heteroatoms. The maximum absolute atomic E-state index is 11.4. The van der Waals surface area contributed by atoms with Crippen molar-refractivity contribution in [2.24, 2.45) is 0 Å². The standard InChI is InChI=1S/C15H30O6Si/c1-6-11-17-22(18-12-7-2,19-13-8-3)21-15(10-5)20-14(16)9-4/h9,15H,4,6-8,10-13H2,1-3,5H3. The van der Waals surface area contributed by atoms with E-state index in [-0.39, 0.29) is 0 Å². The van der Waals surface area contributed by atoms with Gasteiger partial charge in [-0.05, 0) is 19.3 Å². The van der Waals surface area contributed by atoms with Crippen molar-refractivity contribution in [3.05, 3.63) is 12.7 Å². The Kier molecular flexibility index (Phi) is 12.3. The monoisotopic (exact) mass is 334 g/mol. The zero-order valence-electron chi connectivity index (χ0n) is 14.3. The lowest BCUT2D eigenvalue weighted by atomic mass is 10.5. The van der Waals surface area contributed by atoms with E-state index < -0.39 is 21.3 Å². The van der Waals surface area contributed by atoms with Gasteiger partial charge in [-0.1, -0.05) is 34.3 Å². The number of esters is 1. The maximum Gasteiger partial charge on any atom is 0.682 e. The van der Waals surface area contributed by atoms with E-state index in [1.165, 1.54) is 0 Å². The van der Waals surface area contributed by atoms with Crippen LogP contribution in [0.2, 0.25) is 0 Å². The maximum atomic E-state index is 11.4. The van der Waals surface area contributed by atoms with E-state index in [0.717, 1.165) is 25.3 Å². The van der Waals surface area contributed by atoms with Crippen molar-refractivity contribution in [1.29, 1.82) is 0 Å². The Morgan fingerprint density at radius 3 is 1.77 bits per heavy atom. The summed E-state index contributed by atoms with van der Waals surface area (Å²) in [5.41, 5.74) is 0. The molecule has 0 aromatic heterocycles. The van der Waals surface area contributed by atoms with Crippen LogP contribution < -0.4 is 0 Å². The Morgan fingerprint density at radius 2 is 1.45 bits per heavy atom. The zero-order chi connectivity index (χ0) is 16.8. The van der Waals surface area contributed by atoms with Crippen LogP contribution in [0.4, 0.5) is 0 Å². The van der Waals surface area contributed by atoms with Gasteiger partial charge in [-0.2, -0.15) is 0 Å². The largest absolute Gasteiger partial charge is 0.682 e. The van der Waals surface area contributed by atoms with Crippen LogP contribution >= 0.6 is 0 Å². The van der Waals surface area contributed by atoms with Crippen LogP contribution in [0, 0.1) is 0 Å². The first-order valence-electron chi connectivity index (χ1n) is 8.00. The van der Waals surface area contributed by atoms with Gasteiger partial charge in [0.1, 0.15) is 0 Å². The Labute approximate surface area is 135 Å². The molecule has 0 bridgehead atoms. The van der Waals surface area contributed by atoms with Gasteiger partial charge in [0.05, 0.1) is 0 Å². The second-order valence-electron chi connectivity index (χ2n) is 4.64. The molecule has 0 saturated heterocycles. The van der Waals surface area contributed by atoms with Crippen molar-refractivity contribution in [3.63, 3.8) is 0 Å². The number of hydrogen-bond donors (Lipinski definition) is 0. The molecule has 1 unspecified atom stereocenters. The average molecular weight is 334 g/mol. The molecule has 0 heterocycles. The highest BCUT2D eigenvalue weighted by molar-refractivity contribution is 6.53. The molecule has 6 nitrogen and oxygen atoms in total. The summed E-state index contributed by atoms with van der Waals surface area (Å²) in [5.74, 6) is -0.545. The molecule has 0 aromatic carbocycles. The summed E-state index contributed by atoms with van der Waals surface area (Å²) >= 11 is 0. The summed E-state index contributed by atoms with van der Waals surface area (Å²) in [6.45, 7) is 12.6. The molecular formula is C15H30O6Si. The molecule has 0 radical (unpaired) electrons. The van der Waals surface area contributed by atoms with Gasteiger partial charge in [0.25, 0.3) is 0 Å². The normalized spacial score (nSPS) is 12.9. The van der Waals surface area contributed by atoms with Gasteiger partial charge in [0.2, 0.25) is 0 Å². The third-order valence-electron chi connectivity index (χ3n) is 2.47. The van der Waals surface area contributed by atoms with Gasteiger partial charge in [0, 0.05) is 32.3 Å². The SMILES string of the molecule is C=CC(=O)OC(CC)O[Si](OCCC)(OCCC)OCCC. The summed E-state index contributed by atoms with van der Waals surface area (Å²) in [5, 5.41) is 0. The molecule has 22 heavy (non-hydrogen) atoms. The minimum atomic E-state index is -3.33. The molecule has 0 rings (SSSR count). The molecule has 0 aliphatic heterocycles. The van der Waals surface area contributed by atoms with Crippen LogP contribution in [0.1, 0.15) is 53.4 Å². The van der Waals surface area contributed by atoms with E-state index in [2.05, 4.69) is 6.58 Å². The van der Waals surface area contributed by atoms with Gasteiger partial charge < -0.3 is 22.4 Å². The molecule has 0 spiro atoms. The first-order valence-corrected chi connectivity index (χ1v) is 9.63. The van der Waals surface area contributed by atoms with Crippen molar-refractivity contribution in [1.82, 2.24) is 0 Å². The number of hydrogen-bond acceptors (Lipinski definition) is 6. The molecule has 0 aromatic rings. The van der Waals surface area contributed by atoms with Gasteiger partial charge >= 0.3 is 15.0 Å². The fraction of sp³-hybridized carbons (Fsp3) is 0.800. The van der Waals surface area contributed by atoms with E-state index in [1.807, 2.05) is 27.7 Å². The lowest BCUT2D eigenvalue weighted by Gasteiger charge is -2.31. The third-order valence-corrected chi connectivity index (χ3v) is 4.70. The lowest BCUT2D eigenvalue weighted by Crippen LogP contribution is -2.52. The predicted octanol–water partition coefficient (Wildman–Crippen LogP) is 3.18. The molecule has 0 saturated carbocycles. The van der Waals surface area contributed by atoms with E-state index in [1.54, 1.807) is 0 Å². The molecule has 1 atom stereocenters. The fourth-order valence-electron chi connectivity index (χ4n) is 1.44. The summed E-state index contributed by atoms with van der Waals surface area (Å²) in [4.78, 5) is 11.4. The van der Waals surface area contributed by atoms with E-state index >= 15 is 0 Å². The van der Waals surface area contributed by atoms with E-state index in [9.17, 15) is 4.79 Å². The van der Waals surface area contributed by atoms with Gasteiger partial charge in [-0.25, -0.2) is 4.79 Å². The van der Waals surface area contributed by atoms with Crippen molar-refractivity contribution >= 4 is 15.0 Å². The van der Waals surface area contributed by atoms with Crippen molar-refractivity contribution in [2.75, 3.05) is 19.8 Å². The Balaban J connectivity index is 5.01. The quantitative estimate of drug-likeness (QED) is 0.210. The second-order valence-corrected chi connectivity index (χ2v) is 6.74. The minimum Gasteiger partial charge on any atom is -0.433 e. The highest BCUT2D eigenvalue weighted by Crippen LogP contribution is 2.18. The number of ether oxygens (including phenoxy) is 1. The fourth-order valence-corrected chi connectivity index (χ4v) is 3.79. The lowest BCUT2D eigenvalue weighted by molar-refractivity contribution is -0.173. The third kappa shape index (κ3) is 8.65. The van der Waals surface area contributed by atoms with Crippen molar-refractivity contribution < 1.29 is 27.2 Å². The molecule has 0 aliphatic carbocycles. The van der Waals surface area contributed by atoms with Gasteiger partial charge in [-0.3, -0.25) is 0 Å². The molecule has 0 aliphatic rings.